The Hall–Kier alpha value is -3.73. The maximum Gasteiger partial charge on any atom is 0.312 e. The molecule has 3 aromatic rings. The van der Waals surface area contributed by atoms with Gasteiger partial charge >= 0.3 is 5.91 Å². The van der Waals surface area contributed by atoms with E-state index >= 15 is 0 Å². The van der Waals surface area contributed by atoms with Crippen LogP contribution in [0, 0.1) is 17.8 Å². The summed E-state index contributed by atoms with van der Waals surface area (Å²) in [6.07, 6.45) is 15.4. The molecule has 0 radical (unpaired) electrons. The SMILES string of the molecule is C=C([C@H]1CC[C@H](C)CC1)n1c(N2CCCCC2c2cccnc2)nc2nc(C3=NOC(C)(O)N3)nc(N[C@H](C)C3CCC3)c21. The number of nitrogens with zero attached hydrogens (tertiary/aromatic N) is 7. The summed E-state index contributed by atoms with van der Waals surface area (Å²) in [6, 6.07) is 4.55. The normalized spacial score (nSPS) is 28.1. The second-order valence-electron chi connectivity index (χ2n) is 13.5. The summed E-state index contributed by atoms with van der Waals surface area (Å²) >= 11 is 0. The predicted octanol–water partition coefficient (Wildman–Crippen LogP) is 5.80. The van der Waals surface area contributed by atoms with E-state index in [9.17, 15) is 5.11 Å². The topological polar surface area (TPSA) is 126 Å². The van der Waals surface area contributed by atoms with Crippen molar-refractivity contribution in [3.8, 4) is 0 Å². The minimum atomic E-state index is -1.62. The van der Waals surface area contributed by atoms with Gasteiger partial charge in [-0.1, -0.05) is 44.0 Å². The number of imidazole rings is 1. The van der Waals surface area contributed by atoms with Crippen molar-refractivity contribution >= 4 is 34.5 Å². The molecule has 11 nitrogen and oxygen atoms in total. The number of amidine groups is 1. The Balaban J connectivity index is 1.40. The van der Waals surface area contributed by atoms with Gasteiger partial charge in [-0.15, -0.1) is 0 Å². The summed E-state index contributed by atoms with van der Waals surface area (Å²) in [5.74, 6) is 2.22. The predicted molar refractivity (Wildman–Crippen MR) is 172 cm³/mol. The smallest absolute Gasteiger partial charge is 0.312 e. The van der Waals surface area contributed by atoms with Crippen LogP contribution in [-0.2, 0) is 4.84 Å². The van der Waals surface area contributed by atoms with Crippen molar-refractivity contribution in [2.75, 3.05) is 16.8 Å². The number of rotatable bonds is 8. The number of oxime groups is 1. The Morgan fingerprint density at radius 1 is 1.11 bits per heavy atom. The van der Waals surface area contributed by atoms with Crippen molar-refractivity contribution < 1.29 is 9.94 Å². The third kappa shape index (κ3) is 5.50. The lowest BCUT2D eigenvalue weighted by Crippen LogP contribution is -2.42. The summed E-state index contributed by atoms with van der Waals surface area (Å²) in [7, 11) is 0. The first kappa shape index (κ1) is 29.0. The zero-order valence-electron chi connectivity index (χ0n) is 26.2. The molecule has 0 spiro atoms. The second-order valence-corrected chi connectivity index (χ2v) is 13.5. The highest BCUT2D eigenvalue weighted by Crippen LogP contribution is 2.43. The summed E-state index contributed by atoms with van der Waals surface area (Å²) < 4.78 is 2.26. The summed E-state index contributed by atoms with van der Waals surface area (Å²) in [5.41, 5.74) is 3.67. The minimum absolute atomic E-state index is 0.147. The molecule has 44 heavy (non-hydrogen) atoms. The molecule has 4 aliphatic rings. The number of hydrogen-bond acceptors (Lipinski definition) is 10. The van der Waals surface area contributed by atoms with E-state index in [0.29, 0.717) is 29.1 Å². The van der Waals surface area contributed by atoms with Crippen LogP contribution in [0.2, 0.25) is 0 Å². The van der Waals surface area contributed by atoms with Crippen molar-refractivity contribution in [1.82, 2.24) is 29.8 Å². The van der Waals surface area contributed by atoms with Gasteiger partial charge in [-0.05, 0) is 81.3 Å². The van der Waals surface area contributed by atoms with Crippen LogP contribution in [0.15, 0.2) is 36.3 Å². The molecule has 0 bridgehead atoms. The lowest BCUT2D eigenvalue weighted by molar-refractivity contribution is -0.184. The molecule has 11 heteroatoms. The molecule has 7 rings (SSSR count). The van der Waals surface area contributed by atoms with Gasteiger partial charge < -0.3 is 25.5 Å². The Labute approximate surface area is 259 Å². The number of aromatic nitrogens is 5. The number of pyridine rings is 1. The van der Waals surface area contributed by atoms with Gasteiger partial charge in [0, 0.05) is 37.6 Å². The molecule has 2 saturated carbocycles. The highest BCUT2D eigenvalue weighted by molar-refractivity contribution is 5.99. The van der Waals surface area contributed by atoms with Crippen LogP contribution >= 0.6 is 0 Å². The van der Waals surface area contributed by atoms with Crippen LogP contribution in [0.3, 0.4) is 0 Å². The van der Waals surface area contributed by atoms with Gasteiger partial charge in [0.1, 0.15) is 5.52 Å². The number of fused-ring (bicyclic) bond motifs is 1. The molecule has 2 aliphatic heterocycles. The van der Waals surface area contributed by atoms with Gasteiger partial charge in [0.15, 0.2) is 11.5 Å². The largest absolute Gasteiger partial charge is 0.365 e. The first-order valence-corrected chi connectivity index (χ1v) is 16.5. The van der Waals surface area contributed by atoms with Crippen LogP contribution in [0.25, 0.3) is 16.9 Å². The Morgan fingerprint density at radius 3 is 2.61 bits per heavy atom. The molecule has 1 saturated heterocycles. The molecule has 234 valence electrons. The maximum absolute atomic E-state index is 10.4. The van der Waals surface area contributed by atoms with E-state index in [-0.39, 0.29) is 17.9 Å². The standard InChI is InChI=1S/C33H45N9O2/c1-20-13-15-24(16-14-20)22(3)42-27-28(35-21(2)23-9-7-10-23)36-30(31-39-33(4,43)44-40-31)37-29(27)38-32(42)41-18-6-5-12-26(41)25-11-8-17-34-19-25/h8,11,17,19-21,23-24,26,43H,3,5-7,9-10,12-16,18H2,1-2,4H3,(H,39,40)(H,35,36,37)/t20-,21-,24-,26?,33?/m1/s1. The molecule has 2 aliphatic carbocycles. The van der Waals surface area contributed by atoms with Gasteiger partial charge in [0.05, 0.1) is 6.04 Å². The van der Waals surface area contributed by atoms with Crippen LogP contribution in [-0.4, -0.2) is 53.9 Å². The van der Waals surface area contributed by atoms with Gasteiger partial charge in [-0.3, -0.25) is 9.55 Å². The number of anilines is 2. The molecular weight excluding hydrogens is 554 g/mol. The average Bonchev–Trinajstić information content (AvgIpc) is 3.56. The third-order valence-electron chi connectivity index (χ3n) is 10.2. The Morgan fingerprint density at radius 2 is 1.93 bits per heavy atom. The van der Waals surface area contributed by atoms with E-state index in [1.807, 2.05) is 18.5 Å². The van der Waals surface area contributed by atoms with Crippen LogP contribution in [0.1, 0.15) is 102 Å². The monoisotopic (exact) mass is 599 g/mol. The Kier molecular flexibility index (Phi) is 7.68. The first-order valence-electron chi connectivity index (χ1n) is 16.5. The van der Waals surface area contributed by atoms with Crippen molar-refractivity contribution in [2.45, 2.75) is 103 Å². The highest BCUT2D eigenvalue weighted by Gasteiger charge is 2.36. The molecular formula is C33H45N9O2. The molecule has 5 heterocycles. The second kappa shape index (κ2) is 11.6. The van der Waals surface area contributed by atoms with Crippen molar-refractivity contribution in [1.29, 1.82) is 0 Å². The van der Waals surface area contributed by atoms with Gasteiger partial charge in [-0.2, -0.15) is 4.98 Å². The van der Waals surface area contributed by atoms with E-state index in [0.717, 1.165) is 61.7 Å². The number of allylic oxidation sites excluding steroid dienone is 1. The number of nitrogens with one attached hydrogen (secondary N) is 2. The lowest BCUT2D eigenvalue weighted by Gasteiger charge is -2.38. The van der Waals surface area contributed by atoms with Crippen molar-refractivity contribution in [3.63, 3.8) is 0 Å². The quantitative estimate of drug-likeness (QED) is 0.295. The van der Waals surface area contributed by atoms with Gasteiger partial charge in [0.2, 0.25) is 17.6 Å². The minimum Gasteiger partial charge on any atom is -0.365 e. The van der Waals surface area contributed by atoms with Crippen LogP contribution < -0.4 is 15.5 Å². The van der Waals surface area contributed by atoms with Crippen molar-refractivity contribution in [2.24, 2.45) is 22.9 Å². The zero-order valence-corrected chi connectivity index (χ0v) is 26.2. The fourth-order valence-corrected chi connectivity index (χ4v) is 7.28. The summed E-state index contributed by atoms with van der Waals surface area (Å²) in [6.45, 7) is 11.7. The lowest BCUT2D eigenvalue weighted by atomic mass is 9.80. The van der Waals surface area contributed by atoms with Crippen LogP contribution in [0.4, 0.5) is 11.8 Å². The van der Waals surface area contributed by atoms with E-state index in [4.69, 9.17) is 26.4 Å². The first-order chi connectivity index (χ1) is 21.3. The van der Waals surface area contributed by atoms with Crippen LogP contribution in [0.5, 0.6) is 0 Å². The Bertz CT molecular complexity index is 1540. The van der Waals surface area contributed by atoms with E-state index in [1.54, 1.807) is 0 Å². The fourth-order valence-electron chi connectivity index (χ4n) is 7.28. The molecule has 3 N–H and O–H groups in total. The molecule has 2 unspecified atom stereocenters. The molecule has 0 amide bonds. The molecule has 3 fully saturated rings. The molecule has 3 aromatic heterocycles. The number of piperidine rings is 1. The van der Waals surface area contributed by atoms with Crippen molar-refractivity contribution in [3.05, 3.63) is 42.5 Å². The number of hydrogen-bond donors (Lipinski definition) is 3. The maximum atomic E-state index is 10.4. The van der Waals surface area contributed by atoms with E-state index in [1.165, 1.54) is 44.6 Å². The van der Waals surface area contributed by atoms with E-state index in [2.05, 4.69) is 50.2 Å². The van der Waals surface area contributed by atoms with E-state index < -0.39 is 5.91 Å². The van der Waals surface area contributed by atoms with Gasteiger partial charge in [-0.25, -0.2) is 9.97 Å². The fraction of sp³-hybridized carbons (Fsp3) is 0.606. The highest BCUT2D eigenvalue weighted by atomic mass is 16.8. The summed E-state index contributed by atoms with van der Waals surface area (Å²) in [5, 5.41) is 21.1. The number of aliphatic hydroxyl groups is 1. The summed E-state index contributed by atoms with van der Waals surface area (Å²) in [4.78, 5) is 27.3. The van der Waals surface area contributed by atoms with Gasteiger partial charge in [0.25, 0.3) is 0 Å². The zero-order chi connectivity index (χ0) is 30.4. The molecule has 0 aromatic carbocycles. The molecule has 3 atom stereocenters. The average molecular weight is 600 g/mol. The third-order valence-corrected chi connectivity index (χ3v) is 10.2.